The quantitative estimate of drug-likeness (QED) is 0.801. The zero-order valence-electron chi connectivity index (χ0n) is 11.9. The lowest BCUT2D eigenvalue weighted by molar-refractivity contribution is 0.0685. The summed E-state index contributed by atoms with van der Waals surface area (Å²) in [5.74, 6) is -1.89. The number of allylic oxidation sites excluding steroid dienone is 2. The summed E-state index contributed by atoms with van der Waals surface area (Å²) in [5, 5.41) is 18.2. The van der Waals surface area contributed by atoms with E-state index in [-0.39, 0.29) is 11.1 Å². The van der Waals surface area contributed by atoms with Crippen molar-refractivity contribution in [3.05, 3.63) is 82.9 Å². The number of carboxylic acid groups (broad SMARTS) is 2. The summed E-state index contributed by atoms with van der Waals surface area (Å²) in [6.07, 6.45) is 4.72. The van der Waals surface area contributed by atoms with E-state index >= 15 is 0 Å². The van der Waals surface area contributed by atoms with Crippen LogP contribution in [0.1, 0.15) is 31.8 Å². The molecule has 0 aliphatic heterocycles. The zero-order chi connectivity index (χ0) is 15.9. The highest BCUT2D eigenvalue weighted by Gasteiger charge is 2.08. The van der Waals surface area contributed by atoms with Gasteiger partial charge < -0.3 is 10.2 Å². The third-order valence-corrected chi connectivity index (χ3v) is 3.34. The number of aromatic carboxylic acids is 2. The zero-order valence-corrected chi connectivity index (χ0v) is 11.9. The van der Waals surface area contributed by atoms with Crippen LogP contribution in [-0.4, -0.2) is 22.2 Å². The molecule has 0 aliphatic rings. The van der Waals surface area contributed by atoms with Crippen molar-refractivity contribution in [1.82, 2.24) is 0 Å². The highest BCUT2D eigenvalue weighted by Crippen LogP contribution is 2.12. The number of rotatable bonds is 6. The van der Waals surface area contributed by atoms with Gasteiger partial charge in [-0.05, 0) is 36.1 Å². The Morgan fingerprint density at radius 1 is 0.727 bits per heavy atom. The van der Waals surface area contributed by atoms with Gasteiger partial charge in [-0.25, -0.2) is 9.59 Å². The minimum Gasteiger partial charge on any atom is -0.478 e. The molecular formula is C18H16O4. The van der Waals surface area contributed by atoms with Crippen LogP contribution in [-0.2, 0) is 12.8 Å². The second-order valence-corrected chi connectivity index (χ2v) is 4.80. The number of carbonyl (C=O) groups is 2. The van der Waals surface area contributed by atoms with Gasteiger partial charge in [-0.3, -0.25) is 0 Å². The average Bonchev–Trinajstić information content (AvgIpc) is 2.52. The molecule has 0 fully saturated rings. The summed E-state index contributed by atoms with van der Waals surface area (Å²) in [6.45, 7) is 0. The van der Waals surface area contributed by atoms with Gasteiger partial charge in [0.25, 0.3) is 0 Å². The van der Waals surface area contributed by atoms with Crippen LogP contribution in [0.25, 0.3) is 0 Å². The molecule has 2 rings (SSSR count). The van der Waals surface area contributed by atoms with Gasteiger partial charge in [0.1, 0.15) is 0 Å². The van der Waals surface area contributed by atoms with E-state index in [1.807, 2.05) is 12.2 Å². The van der Waals surface area contributed by atoms with Gasteiger partial charge in [0.2, 0.25) is 0 Å². The smallest absolute Gasteiger partial charge is 0.335 e. The lowest BCUT2D eigenvalue weighted by Gasteiger charge is -2.03. The monoisotopic (exact) mass is 296 g/mol. The molecule has 4 nitrogen and oxygen atoms in total. The number of hydrogen-bond acceptors (Lipinski definition) is 2. The van der Waals surface area contributed by atoms with Gasteiger partial charge in [-0.2, -0.15) is 0 Å². The van der Waals surface area contributed by atoms with Gasteiger partial charge in [0, 0.05) is 0 Å². The molecule has 112 valence electrons. The molecular weight excluding hydrogens is 280 g/mol. The second-order valence-electron chi connectivity index (χ2n) is 4.80. The Bertz CT molecular complexity index is 655. The van der Waals surface area contributed by atoms with E-state index in [4.69, 9.17) is 10.2 Å². The van der Waals surface area contributed by atoms with Crippen LogP contribution in [0, 0.1) is 0 Å². The third kappa shape index (κ3) is 3.82. The highest BCUT2D eigenvalue weighted by atomic mass is 16.4. The molecule has 2 aromatic rings. The topological polar surface area (TPSA) is 74.6 Å². The van der Waals surface area contributed by atoms with Crippen LogP contribution >= 0.6 is 0 Å². The molecule has 0 atom stereocenters. The summed E-state index contributed by atoms with van der Waals surface area (Å²) >= 11 is 0. The van der Waals surface area contributed by atoms with E-state index < -0.39 is 11.9 Å². The predicted octanol–water partition coefficient (Wildman–Crippen LogP) is 3.42. The fourth-order valence-electron chi connectivity index (χ4n) is 2.23. The first kappa shape index (κ1) is 15.5. The molecule has 0 unspecified atom stereocenters. The molecule has 0 spiro atoms. The van der Waals surface area contributed by atoms with Crippen molar-refractivity contribution < 1.29 is 19.8 Å². The normalized spacial score (nSPS) is 10.7. The molecule has 2 aromatic carbocycles. The summed E-state index contributed by atoms with van der Waals surface area (Å²) in [6, 6.07) is 13.7. The first-order valence-corrected chi connectivity index (χ1v) is 6.87. The van der Waals surface area contributed by atoms with E-state index in [0.29, 0.717) is 12.8 Å². The van der Waals surface area contributed by atoms with Crippen molar-refractivity contribution in [2.24, 2.45) is 0 Å². The summed E-state index contributed by atoms with van der Waals surface area (Å²) in [7, 11) is 0. The van der Waals surface area contributed by atoms with Crippen molar-refractivity contribution in [1.29, 1.82) is 0 Å². The van der Waals surface area contributed by atoms with Crippen molar-refractivity contribution in [2.45, 2.75) is 12.8 Å². The molecule has 4 heteroatoms. The fraction of sp³-hybridized carbons (Fsp3) is 0.111. The Labute approximate surface area is 128 Å². The maximum absolute atomic E-state index is 11.1. The van der Waals surface area contributed by atoms with Gasteiger partial charge in [0.15, 0.2) is 0 Å². The summed E-state index contributed by atoms with van der Waals surface area (Å²) < 4.78 is 0. The highest BCUT2D eigenvalue weighted by molar-refractivity contribution is 5.90. The lowest BCUT2D eigenvalue weighted by Crippen LogP contribution is -2.02. The molecule has 0 bridgehead atoms. The number of carboxylic acids is 2. The van der Waals surface area contributed by atoms with Crippen LogP contribution in [0.2, 0.25) is 0 Å². The van der Waals surface area contributed by atoms with E-state index in [1.165, 1.54) is 0 Å². The molecule has 2 N–H and O–H groups in total. The largest absolute Gasteiger partial charge is 0.478 e. The van der Waals surface area contributed by atoms with Gasteiger partial charge in [-0.15, -0.1) is 0 Å². The molecule has 0 heterocycles. The van der Waals surface area contributed by atoms with E-state index in [1.54, 1.807) is 48.5 Å². The van der Waals surface area contributed by atoms with E-state index in [0.717, 1.165) is 11.1 Å². The molecule has 0 aliphatic carbocycles. The molecule has 0 amide bonds. The predicted molar refractivity (Wildman–Crippen MR) is 83.4 cm³/mol. The maximum Gasteiger partial charge on any atom is 0.335 e. The van der Waals surface area contributed by atoms with E-state index in [2.05, 4.69) is 0 Å². The molecule has 22 heavy (non-hydrogen) atoms. The first-order chi connectivity index (χ1) is 10.6. The van der Waals surface area contributed by atoms with Crippen molar-refractivity contribution >= 4 is 11.9 Å². The lowest BCUT2D eigenvalue weighted by atomic mass is 10.0. The summed E-state index contributed by atoms with van der Waals surface area (Å²) in [5.41, 5.74) is 2.05. The Hall–Kier alpha value is -2.88. The molecule has 0 saturated carbocycles. The number of benzene rings is 2. The minimum atomic E-state index is -0.944. The van der Waals surface area contributed by atoms with Crippen LogP contribution < -0.4 is 0 Å². The van der Waals surface area contributed by atoms with Crippen molar-refractivity contribution in [2.75, 3.05) is 0 Å². The van der Waals surface area contributed by atoms with Crippen LogP contribution in [0.3, 0.4) is 0 Å². The molecule has 0 saturated heterocycles. The van der Waals surface area contributed by atoms with Gasteiger partial charge in [0.05, 0.1) is 11.1 Å². The Morgan fingerprint density at radius 2 is 1.09 bits per heavy atom. The standard InChI is InChI=1S/C18H16O4/c19-17(20)15-11-5-3-9-13(15)7-1-2-8-14-10-4-6-12-16(14)18(21)22/h1-6,9-12H,7-8H2,(H,19,20)(H,21,22). The Morgan fingerprint density at radius 3 is 1.45 bits per heavy atom. The summed E-state index contributed by atoms with van der Waals surface area (Å²) in [4.78, 5) is 22.2. The van der Waals surface area contributed by atoms with Crippen LogP contribution in [0.15, 0.2) is 60.7 Å². The first-order valence-electron chi connectivity index (χ1n) is 6.87. The van der Waals surface area contributed by atoms with Gasteiger partial charge >= 0.3 is 11.9 Å². The maximum atomic E-state index is 11.1. The Kier molecular flexibility index (Phi) is 5.09. The molecule has 0 aromatic heterocycles. The SMILES string of the molecule is O=C(O)c1ccccc1CC=CCc1ccccc1C(=O)O. The van der Waals surface area contributed by atoms with Crippen molar-refractivity contribution in [3.8, 4) is 0 Å². The van der Waals surface area contributed by atoms with Crippen molar-refractivity contribution in [3.63, 3.8) is 0 Å². The molecule has 0 radical (unpaired) electrons. The average molecular weight is 296 g/mol. The number of hydrogen-bond donors (Lipinski definition) is 2. The minimum absolute atomic E-state index is 0.290. The van der Waals surface area contributed by atoms with E-state index in [9.17, 15) is 9.59 Å². The second kappa shape index (κ2) is 7.22. The van der Waals surface area contributed by atoms with Crippen LogP contribution in [0.4, 0.5) is 0 Å². The fourth-order valence-corrected chi connectivity index (χ4v) is 2.23. The Balaban J connectivity index is 2.06. The van der Waals surface area contributed by atoms with Gasteiger partial charge in [-0.1, -0.05) is 48.6 Å². The third-order valence-electron chi connectivity index (χ3n) is 3.34. The van der Waals surface area contributed by atoms with Crippen LogP contribution in [0.5, 0.6) is 0 Å².